The third-order valence-electron chi connectivity index (χ3n) is 4.70. The van der Waals surface area contributed by atoms with Gasteiger partial charge in [-0.2, -0.15) is 5.10 Å². The maximum Gasteiger partial charge on any atom is 0.322 e. The van der Waals surface area contributed by atoms with E-state index in [2.05, 4.69) is 17.3 Å². The predicted octanol–water partition coefficient (Wildman–Crippen LogP) is 3.04. The molecule has 0 spiro atoms. The van der Waals surface area contributed by atoms with E-state index in [9.17, 15) is 4.79 Å². The lowest BCUT2D eigenvalue weighted by atomic mass is 10.1. The maximum absolute atomic E-state index is 12.8. The molecule has 1 atom stereocenters. The van der Waals surface area contributed by atoms with Crippen LogP contribution in [0.4, 0.5) is 10.5 Å². The van der Waals surface area contributed by atoms with Crippen LogP contribution >= 0.6 is 0 Å². The number of aromatic nitrogens is 2. The van der Waals surface area contributed by atoms with E-state index in [1.807, 2.05) is 33.8 Å². The van der Waals surface area contributed by atoms with Gasteiger partial charge in [0, 0.05) is 31.0 Å². The number of nitrogens with one attached hydrogen (secondary N) is 1. The summed E-state index contributed by atoms with van der Waals surface area (Å²) < 4.78 is 13.1. The van der Waals surface area contributed by atoms with E-state index in [1.165, 1.54) is 0 Å². The molecule has 2 aliphatic rings. The average molecular weight is 342 g/mol. The first kappa shape index (κ1) is 15.8. The molecule has 0 radical (unpaired) electrons. The number of fused-ring (bicyclic) bond motifs is 1. The molecule has 1 unspecified atom stereocenters. The van der Waals surface area contributed by atoms with Gasteiger partial charge in [-0.1, -0.05) is 0 Å². The van der Waals surface area contributed by atoms with Gasteiger partial charge >= 0.3 is 6.03 Å². The van der Waals surface area contributed by atoms with Crippen molar-refractivity contribution in [3.63, 3.8) is 0 Å². The number of nitrogens with zero attached hydrogens (tertiary/aromatic N) is 3. The van der Waals surface area contributed by atoms with Gasteiger partial charge in [-0.05, 0) is 38.0 Å². The fourth-order valence-corrected chi connectivity index (χ4v) is 3.52. The van der Waals surface area contributed by atoms with Crippen molar-refractivity contribution in [1.29, 1.82) is 0 Å². The Morgan fingerprint density at radius 1 is 1.28 bits per heavy atom. The van der Waals surface area contributed by atoms with E-state index in [1.54, 1.807) is 6.20 Å². The molecule has 4 rings (SSSR count). The first-order chi connectivity index (χ1) is 12.3. The van der Waals surface area contributed by atoms with E-state index >= 15 is 0 Å². The van der Waals surface area contributed by atoms with Crippen LogP contribution in [0.3, 0.4) is 0 Å². The number of hydrogen-bond acceptors (Lipinski definition) is 4. The Kier molecular flexibility index (Phi) is 4.21. The van der Waals surface area contributed by atoms with Gasteiger partial charge in [0.1, 0.15) is 13.2 Å². The molecule has 132 valence electrons. The van der Waals surface area contributed by atoms with E-state index in [0.717, 1.165) is 37.4 Å². The van der Waals surface area contributed by atoms with Crippen molar-refractivity contribution >= 4 is 11.7 Å². The highest BCUT2D eigenvalue weighted by Crippen LogP contribution is 2.34. The highest BCUT2D eigenvalue weighted by atomic mass is 16.6. The van der Waals surface area contributed by atoms with Gasteiger partial charge in [-0.25, -0.2) is 4.79 Å². The molecule has 0 bridgehead atoms. The lowest BCUT2D eigenvalue weighted by Gasteiger charge is -2.26. The van der Waals surface area contributed by atoms with Crippen molar-refractivity contribution in [3.8, 4) is 11.5 Å². The Morgan fingerprint density at radius 3 is 2.96 bits per heavy atom. The highest BCUT2D eigenvalue weighted by molar-refractivity contribution is 5.90. The maximum atomic E-state index is 12.8. The van der Waals surface area contributed by atoms with Crippen molar-refractivity contribution < 1.29 is 14.3 Å². The molecule has 1 aromatic heterocycles. The largest absolute Gasteiger partial charge is 0.486 e. The molecule has 2 aliphatic heterocycles. The van der Waals surface area contributed by atoms with Crippen LogP contribution in [0, 0.1) is 0 Å². The van der Waals surface area contributed by atoms with Crippen LogP contribution in [-0.4, -0.2) is 40.5 Å². The number of hydrogen-bond donors (Lipinski definition) is 1. The van der Waals surface area contributed by atoms with Crippen molar-refractivity contribution in [3.05, 3.63) is 36.2 Å². The Morgan fingerprint density at radius 2 is 2.12 bits per heavy atom. The zero-order valence-corrected chi connectivity index (χ0v) is 14.3. The molecule has 3 heterocycles. The molecule has 1 fully saturated rings. The summed E-state index contributed by atoms with van der Waals surface area (Å²) in [4.78, 5) is 14.7. The number of rotatable bonds is 3. The highest BCUT2D eigenvalue weighted by Gasteiger charge is 2.32. The topological polar surface area (TPSA) is 68.6 Å². The number of carbonyl (C=O) groups excluding carboxylic acids is 1. The number of ether oxygens (including phenoxy) is 2. The van der Waals surface area contributed by atoms with E-state index < -0.39 is 0 Å². The standard InChI is InChI=1S/C18H22N4O3/c1-2-22-15(7-8-19-22)14-4-3-9-21(14)18(23)20-13-5-6-16-17(12-13)25-11-10-24-16/h5-8,12,14H,2-4,9-11H2,1H3,(H,20,23). The van der Waals surface area contributed by atoms with Crippen LogP contribution in [0.1, 0.15) is 31.5 Å². The quantitative estimate of drug-likeness (QED) is 0.931. The molecule has 7 heteroatoms. The Hall–Kier alpha value is -2.70. The van der Waals surface area contributed by atoms with E-state index in [0.29, 0.717) is 24.7 Å². The second-order valence-electron chi connectivity index (χ2n) is 6.21. The van der Waals surface area contributed by atoms with E-state index in [-0.39, 0.29) is 12.1 Å². The van der Waals surface area contributed by atoms with Crippen molar-refractivity contribution in [2.75, 3.05) is 25.1 Å². The second kappa shape index (κ2) is 6.66. The van der Waals surface area contributed by atoms with Gasteiger partial charge in [-0.15, -0.1) is 0 Å². The van der Waals surface area contributed by atoms with Crippen LogP contribution in [-0.2, 0) is 6.54 Å². The number of aryl methyl sites for hydroxylation is 1. The fraction of sp³-hybridized carbons (Fsp3) is 0.444. The minimum absolute atomic E-state index is 0.0691. The molecule has 2 amide bonds. The van der Waals surface area contributed by atoms with Gasteiger partial charge in [0.25, 0.3) is 0 Å². The molecule has 1 N–H and O–H groups in total. The number of amides is 2. The molecule has 0 saturated carbocycles. The summed E-state index contributed by atoms with van der Waals surface area (Å²) in [6.45, 7) is 4.69. The SMILES string of the molecule is CCn1nccc1C1CCCN1C(=O)Nc1ccc2c(c1)OCCO2. The number of carbonyl (C=O) groups is 1. The number of benzene rings is 1. The lowest BCUT2D eigenvalue weighted by Crippen LogP contribution is -2.35. The minimum Gasteiger partial charge on any atom is -0.486 e. The summed E-state index contributed by atoms with van der Waals surface area (Å²) in [6.07, 6.45) is 3.75. The van der Waals surface area contributed by atoms with Gasteiger partial charge in [0.05, 0.1) is 11.7 Å². The van der Waals surface area contributed by atoms with Crippen molar-refractivity contribution in [2.24, 2.45) is 0 Å². The second-order valence-corrected chi connectivity index (χ2v) is 6.21. The Balaban J connectivity index is 1.50. The molecule has 1 aromatic carbocycles. The smallest absolute Gasteiger partial charge is 0.322 e. The number of likely N-dealkylation sites (tertiary alicyclic amines) is 1. The summed E-state index contributed by atoms with van der Waals surface area (Å²) >= 11 is 0. The summed E-state index contributed by atoms with van der Waals surface area (Å²) in [5.41, 5.74) is 1.81. The van der Waals surface area contributed by atoms with Crippen LogP contribution in [0.15, 0.2) is 30.5 Å². The van der Waals surface area contributed by atoms with Crippen molar-refractivity contribution in [1.82, 2.24) is 14.7 Å². The van der Waals surface area contributed by atoms with Gasteiger partial charge < -0.3 is 19.7 Å². The first-order valence-electron chi connectivity index (χ1n) is 8.75. The molecular formula is C18H22N4O3. The summed E-state index contributed by atoms with van der Waals surface area (Å²) in [5.74, 6) is 1.39. The van der Waals surface area contributed by atoms with Gasteiger partial charge in [0.2, 0.25) is 0 Å². The molecule has 2 aromatic rings. The number of anilines is 1. The predicted molar refractivity (Wildman–Crippen MR) is 93.0 cm³/mol. The first-order valence-corrected chi connectivity index (χ1v) is 8.75. The van der Waals surface area contributed by atoms with Crippen LogP contribution in [0.25, 0.3) is 0 Å². The normalized spacial score (nSPS) is 19.1. The van der Waals surface area contributed by atoms with Crippen LogP contribution < -0.4 is 14.8 Å². The molecular weight excluding hydrogens is 320 g/mol. The Bertz CT molecular complexity index is 773. The minimum atomic E-state index is -0.0944. The van der Waals surface area contributed by atoms with Crippen LogP contribution in [0.2, 0.25) is 0 Å². The van der Waals surface area contributed by atoms with Gasteiger partial charge in [-0.3, -0.25) is 4.68 Å². The third kappa shape index (κ3) is 3.01. The summed E-state index contributed by atoms with van der Waals surface area (Å²) in [6, 6.07) is 7.46. The van der Waals surface area contributed by atoms with Crippen LogP contribution in [0.5, 0.6) is 11.5 Å². The van der Waals surface area contributed by atoms with Crippen molar-refractivity contribution in [2.45, 2.75) is 32.4 Å². The third-order valence-corrected chi connectivity index (χ3v) is 4.70. The molecule has 0 aliphatic carbocycles. The molecule has 7 nitrogen and oxygen atoms in total. The zero-order chi connectivity index (χ0) is 17.2. The monoisotopic (exact) mass is 342 g/mol. The Labute approximate surface area is 146 Å². The fourth-order valence-electron chi connectivity index (χ4n) is 3.52. The zero-order valence-electron chi connectivity index (χ0n) is 14.3. The molecule has 25 heavy (non-hydrogen) atoms. The molecule has 1 saturated heterocycles. The number of urea groups is 1. The van der Waals surface area contributed by atoms with Gasteiger partial charge in [0.15, 0.2) is 11.5 Å². The summed E-state index contributed by atoms with van der Waals surface area (Å²) in [7, 11) is 0. The summed E-state index contributed by atoms with van der Waals surface area (Å²) in [5, 5.41) is 7.32. The lowest BCUT2D eigenvalue weighted by molar-refractivity contribution is 0.171. The van der Waals surface area contributed by atoms with E-state index in [4.69, 9.17) is 9.47 Å². The average Bonchev–Trinajstić information content (AvgIpc) is 3.30.